The Labute approximate surface area is 132 Å². The third kappa shape index (κ3) is 4.23. The van der Waals surface area contributed by atoms with Crippen LogP contribution in [0.15, 0.2) is 46.9 Å². The Bertz CT molecular complexity index is 644. The number of rotatable bonds is 4. The van der Waals surface area contributed by atoms with Crippen molar-refractivity contribution in [1.82, 2.24) is 5.32 Å². The van der Waals surface area contributed by atoms with Gasteiger partial charge < -0.3 is 15.4 Å². The average molecular weight is 349 g/mol. The summed E-state index contributed by atoms with van der Waals surface area (Å²) in [5.41, 5.74) is 2.72. The van der Waals surface area contributed by atoms with Gasteiger partial charge in [0.15, 0.2) is 0 Å². The summed E-state index contributed by atoms with van der Waals surface area (Å²) in [7, 11) is 1.58. The van der Waals surface area contributed by atoms with Crippen molar-refractivity contribution in [3.05, 3.63) is 58.1 Å². The van der Waals surface area contributed by atoms with Crippen molar-refractivity contribution in [2.45, 2.75) is 13.5 Å². The molecule has 2 rings (SSSR count). The van der Waals surface area contributed by atoms with Crippen LogP contribution in [0.4, 0.5) is 10.5 Å². The van der Waals surface area contributed by atoms with Crippen LogP contribution in [-0.4, -0.2) is 13.1 Å². The molecule has 0 spiro atoms. The first kappa shape index (κ1) is 15.4. The third-order valence-corrected chi connectivity index (χ3v) is 3.77. The topological polar surface area (TPSA) is 50.4 Å². The highest BCUT2D eigenvalue weighted by Gasteiger charge is 2.08. The number of urea groups is 1. The fourth-order valence-corrected chi connectivity index (χ4v) is 2.33. The van der Waals surface area contributed by atoms with E-state index in [9.17, 15) is 4.79 Å². The number of hydrogen-bond donors (Lipinski definition) is 2. The van der Waals surface area contributed by atoms with Crippen molar-refractivity contribution in [2.75, 3.05) is 12.4 Å². The van der Waals surface area contributed by atoms with Gasteiger partial charge in [0.25, 0.3) is 0 Å². The first-order valence-corrected chi connectivity index (χ1v) is 7.32. The molecule has 2 amide bonds. The van der Waals surface area contributed by atoms with E-state index in [-0.39, 0.29) is 6.03 Å². The summed E-state index contributed by atoms with van der Waals surface area (Å²) < 4.78 is 6.20. The first-order chi connectivity index (χ1) is 10.1. The normalized spacial score (nSPS) is 10.0. The van der Waals surface area contributed by atoms with Gasteiger partial charge in [-0.05, 0) is 36.2 Å². The minimum absolute atomic E-state index is 0.269. The monoisotopic (exact) mass is 348 g/mol. The molecular formula is C16H17BrN2O2. The highest BCUT2D eigenvalue weighted by Crippen LogP contribution is 2.25. The van der Waals surface area contributed by atoms with Crippen molar-refractivity contribution in [1.29, 1.82) is 0 Å². The molecule has 2 aromatic rings. The number of ether oxygens (including phenoxy) is 1. The van der Waals surface area contributed by atoms with Gasteiger partial charge in [0.1, 0.15) is 5.75 Å². The van der Waals surface area contributed by atoms with E-state index in [1.807, 2.05) is 49.4 Å². The zero-order valence-corrected chi connectivity index (χ0v) is 13.5. The molecule has 0 aliphatic heterocycles. The summed E-state index contributed by atoms with van der Waals surface area (Å²) >= 11 is 3.45. The van der Waals surface area contributed by atoms with Crippen LogP contribution in [0.25, 0.3) is 0 Å². The fraction of sp³-hybridized carbons (Fsp3) is 0.188. The van der Waals surface area contributed by atoms with Crippen LogP contribution in [0.3, 0.4) is 0 Å². The van der Waals surface area contributed by atoms with Gasteiger partial charge in [0.2, 0.25) is 0 Å². The molecule has 110 valence electrons. The van der Waals surface area contributed by atoms with Gasteiger partial charge >= 0.3 is 6.03 Å². The Morgan fingerprint density at radius 2 is 2.00 bits per heavy atom. The van der Waals surface area contributed by atoms with Crippen LogP contribution >= 0.6 is 15.9 Å². The predicted molar refractivity (Wildman–Crippen MR) is 87.7 cm³/mol. The Morgan fingerprint density at radius 3 is 2.71 bits per heavy atom. The first-order valence-electron chi connectivity index (χ1n) is 6.53. The smallest absolute Gasteiger partial charge is 0.319 e. The van der Waals surface area contributed by atoms with E-state index in [0.717, 1.165) is 15.6 Å². The number of methoxy groups -OCH3 is 1. The van der Waals surface area contributed by atoms with E-state index in [2.05, 4.69) is 26.6 Å². The number of hydrogen-bond acceptors (Lipinski definition) is 2. The van der Waals surface area contributed by atoms with Crippen molar-refractivity contribution in [3.8, 4) is 5.75 Å². The van der Waals surface area contributed by atoms with Crippen molar-refractivity contribution >= 4 is 27.6 Å². The standard InChI is InChI=1S/C16H17BrN2O2/c1-11-7-8-15(21-2)14(9-11)19-16(20)18-10-12-5-3-4-6-13(12)17/h3-9H,10H2,1-2H3,(H2,18,19,20). The van der Waals surface area contributed by atoms with E-state index < -0.39 is 0 Å². The minimum atomic E-state index is -0.269. The molecule has 0 fully saturated rings. The molecule has 0 saturated heterocycles. The van der Waals surface area contributed by atoms with Crippen LogP contribution in [0.5, 0.6) is 5.75 Å². The Morgan fingerprint density at radius 1 is 1.24 bits per heavy atom. The van der Waals surface area contributed by atoms with E-state index in [1.165, 1.54) is 0 Å². The van der Waals surface area contributed by atoms with Crippen LogP contribution in [-0.2, 0) is 6.54 Å². The lowest BCUT2D eigenvalue weighted by Crippen LogP contribution is -2.28. The molecule has 2 aromatic carbocycles. The molecule has 0 bridgehead atoms. The maximum Gasteiger partial charge on any atom is 0.319 e. The third-order valence-electron chi connectivity index (χ3n) is 3.00. The molecule has 21 heavy (non-hydrogen) atoms. The summed E-state index contributed by atoms with van der Waals surface area (Å²) in [6.45, 7) is 2.41. The number of halogens is 1. The van der Waals surface area contributed by atoms with Crippen LogP contribution in [0.1, 0.15) is 11.1 Å². The predicted octanol–water partition coefficient (Wildman–Crippen LogP) is 4.09. The molecule has 5 heteroatoms. The number of anilines is 1. The van der Waals surface area contributed by atoms with E-state index in [0.29, 0.717) is 18.0 Å². The molecule has 0 heterocycles. The second-order valence-electron chi connectivity index (χ2n) is 4.60. The Hall–Kier alpha value is -2.01. The minimum Gasteiger partial charge on any atom is -0.495 e. The molecule has 0 radical (unpaired) electrons. The lowest BCUT2D eigenvalue weighted by Gasteiger charge is -2.12. The van der Waals surface area contributed by atoms with Gasteiger partial charge in [-0.25, -0.2) is 4.79 Å². The van der Waals surface area contributed by atoms with E-state index >= 15 is 0 Å². The van der Waals surface area contributed by atoms with Crippen molar-refractivity contribution < 1.29 is 9.53 Å². The largest absolute Gasteiger partial charge is 0.495 e. The van der Waals surface area contributed by atoms with Crippen molar-refractivity contribution in [3.63, 3.8) is 0 Å². The zero-order chi connectivity index (χ0) is 15.2. The second-order valence-corrected chi connectivity index (χ2v) is 5.46. The van der Waals surface area contributed by atoms with E-state index in [1.54, 1.807) is 7.11 Å². The highest BCUT2D eigenvalue weighted by molar-refractivity contribution is 9.10. The zero-order valence-electron chi connectivity index (χ0n) is 11.9. The van der Waals surface area contributed by atoms with Crippen LogP contribution < -0.4 is 15.4 Å². The molecule has 0 aromatic heterocycles. The maximum atomic E-state index is 12.0. The van der Waals surface area contributed by atoms with Gasteiger partial charge in [-0.3, -0.25) is 0 Å². The molecule has 0 atom stereocenters. The highest BCUT2D eigenvalue weighted by atomic mass is 79.9. The molecule has 0 aliphatic carbocycles. The lowest BCUT2D eigenvalue weighted by atomic mass is 10.2. The number of nitrogens with one attached hydrogen (secondary N) is 2. The number of carbonyl (C=O) groups is 1. The van der Waals surface area contributed by atoms with Gasteiger partial charge in [-0.1, -0.05) is 40.2 Å². The molecule has 2 N–H and O–H groups in total. The maximum absolute atomic E-state index is 12.0. The SMILES string of the molecule is COc1ccc(C)cc1NC(=O)NCc1ccccc1Br. The molecular weight excluding hydrogens is 332 g/mol. The van der Waals surface area contributed by atoms with Crippen LogP contribution in [0.2, 0.25) is 0 Å². The number of aryl methyl sites for hydroxylation is 1. The Kier molecular flexibility index (Phi) is 5.22. The molecule has 0 saturated carbocycles. The lowest BCUT2D eigenvalue weighted by molar-refractivity contribution is 0.251. The summed E-state index contributed by atoms with van der Waals surface area (Å²) in [5.74, 6) is 0.636. The quantitative estimate of drug-likeness (QED) is 0.874. The van der Waals surface area contributed by atoms with Crippen LogP contribution in [0, 0.1) is 6.92 Å². The number of carbonyl (C=O) groups excluding carboxylic acids is 1. The second kappa shape index (κ2) is 7.13. The molecule has 4 nitrogen and oxygen atoms in total. The summed E-state index contributed by atoms with van der Waals surface area (Å²) in [4.78, 5) is 12.0. The van der Waals surface area contributed by atoms with Gasteiger partial charge in [0.05, 0.1) is 12.8 Å². The van der Waals surface area contributed by atoms with Gasteiger partial charge in [0, 0.05) is 11.0 Å². The van der Waals surface area contributed by atoms with Gasteiger partial charge in [-0.2, -0.15) is 0 Å². The van der Waals surface area contributed by atoms with Crippen molar-refractivity contribution in [2.24, 2.45) is 0 Å². The number of amides is 2. The average Bonchev–Trinajstić information content (AvgIpc) is 2.47. The fourth-order valence-electron chi connectivity index (χ4n) is 1.90. The van der Waals surface area contributed by atoms with E-state index in [4.69, 9.17) is 4.74 Å². The number of benzene rings is 2. The summed E-state index contributed by atoms with van der Waals surface area (Å²) in [5, 5.41) is 5.63. The van der Waals surface area contributed by atoms with Gasteiger partial charge in [-0.15, -0.1) is 0 Å². The summed E-state index contributed by atoms with van der Waals surface area (Å²) in [6, 6.07) is 13.1. The molecule has 0 unspecified atom stereocenters. The Balaban J connectivity index is 1.99. The molecule has 0 aliphatic rings. The summed E-state index contributed by atoms with van der Waals surface area (Å²) in [6.07, 6.45) is 0.